The van der Waals surface area contributed by atoms with Crippen LogP contribution in [0.2, 0.25) is 0 Å². The fraction of sp³-hybridized carbons (Fsp3) is 0.800. The van der Waals surface area contributed by atoms with Crippen molar-refractivity contribution in [2.45, 2.75) is 63.7 Å². The van der Waals surface area contributed by atoms with Gasteiger partial charge in [0.1, 0.15) is 24.1 Å². The highest BCUT2D eigenvalue weighted by atomic mass is 16.8. The van der Waals surface area contributed by atoms with Crippen LogP contribution in [0.1, 0.15) is 27.7 Å². The van der Waals surface area contributed by atoms with Crippen molar-refractivity contribution in [3.63, 3.8) is 0 Å². The Morgan fingerprint density at radius 3 is 2.45 bits per heavy atom. The Labute approximate surface area is 129 Å². The van der Waals surface area contributed by atoms with E-state index in [1.54, 1.807) is 0 Å². The van der Waals surface area contributed by atoms with Gasteiger partial charge in [-0.25, -0.2) is 4.79 Å². The van der Waals surface area contributed by atoms with Gasteiger partial charge in [-0.15, -0.1) is 0 Å². The molecule has 7 heteroatoms. The van der Waals surface area contributed by atoms with Gasteiger partial charge in [0.05, 0.1) is 19.8 Å². The van der Waals surface area contributed by atoms with E-state index in [-0.39, 0.29) is 12.2 Å². The zero-order valence-electron chi connectivity index (χ0n) is 13.5. The molecule has 0 bridgehead atoms. The number of hydrogen-bond acceptors (Lipinski definition) is 7. The Balaban J connectivity index is 1.83. The van der Waals surface area contributed by atoms with Gasteiger partial charge in [-0.2, -0.15) is 0 Å². The van der Waals surface area contributed by atoms with Gasteiger partial charge in [0.2, 0.25) is 0 Å². The zero-order valence-corrected chi connectivity index (χ0v) is 13.5. The number of fused-ring (bicyclic) bond motifs is 1. The third-order valence-corrected chi connectivity index (χ3v) is 3.86. The minimum Gasteiger partial charge on any atom is -0.486 e. The van der Waals surface area contributed by atoms with Crippen molar-refractivity contribution in [1.82, 2.24) is 0 Å². The highest BCUT2D eigenvalue weighted by molar-refractivity contribution is 5.82. The first-order chi connectivity index (χ1) is 10.2. The lowest BCUT2D eigenvalue weighted by Crippen LogP contribution is -2.40. The third-order valence-electron chi connectivity index (χ3n) is 3.86. The Bertz CT molecular complexity index is 496. The van der Waals surface area contributed by atoms with Crippen LogP contribution in [-0.2, 0) is 33.2 Å². The van der Waals surface area contributed by atoms with Gasteiger partial charge < -0.3 is 28.4 Å². The third kappa shape index (κ3) is 2.86. The van der Waals surface area contributed by atoms with Crippen molar-refractivity contribution < 1.29 is 33.2 Å². The number of carbonyl (C=O) groups excluding carboxylic acids is 1. The van der Waals surface area contributed by atoms with E-state index < -0.39 is 29.8 Å². The number of methoxy groups -OCH3 is 1. The fourth-order valence-electron chi connectivity index (χ4n) is 3.00. The maximum atomic E-state index is 11.5. The van der Waals surface area contributed by atoms with E-state index in [9.17, 15) is 4.79 Å². The van der Waals surface area contributed by atoms with E-state index in [1.807, 2.05) is 27.7 Å². The molecule has 3 rings (SSSR count). The molecule has 3 saturated heterocycles. The average Bonchev–Trinajstić information content (AvgIpc) is 3.01. The number of ether oxygens (including phenoxy) is 6. The minimum atomic E-state index is -0.748. The van der Waals surface area contributed by atoms with Gasteiger partial charge >= 0.3 is 5.97 Å². The van der Waals surface area contributed by atoms with E-state index >= 15 is 0 Å². The highest BCUT2D eigenvalue weighted by Crippen LogP contribution is 2.43. The van der Waals surface area contributed by atoms with Crippen LogP contribution < -0.4 is 0 Å². The van der Waals surface area contributed by atoms with Crippen LogP contribution in [0.25, 0.3) is 0 Å². The molecular formula is C15H22O7. The molecule has 3 fully saturated rings. The second kappa shape index (κ2) is 5.19. The van der Waals surface area contributed by atoms with E-state index in [0.29, 0.717) is 12.4 Å². The summed E-state index contributed by atoms with van der Waals surface area (Å²) in [7, 11) is 1.32. The molecule has 0 aliphatic carbocycles. The van der Waals surface area contributed by atoms with E-state index in [0.717, 1.165) is 0 Å². The lowest BCUT2D eigenvalue weighted by atomic mass is 10.1. The molecule has 0 saturated carbocycles. The topological polar surface area (TPSA) is 72.5 Å². The molecule has 0 spiro atoms. The standard InChI is InChI=1S/C15H22O7/c1-14(2)18-7-9(20-14)11-13-12(21-15(3,4)22-13)8(19-11)6-10(16)17-5/h6,9,11-13H,7H2,1-5H3/b8-6-/t9-,11-,12+,13-/m1/s1. The normalized spacial score (nSPS) is 40.5. The Hall–Kier alpha value is -1.15. The molecule has 3 aliphatic rings. The van der Waals surface area contributed by atoms with Crippen molar-refractivity contribution >= 4 is 5.97 Å². The summed E-state index contributed by atoms with van der Waals surface area (Å²) in [4.78, 5) is 11.5. The van der Waals surface area contributed by atoms with E-state index in [1.165, 1.54) is 13.2 Å². The van der Waals surface area contributed by atoms with Gasteiger partial charge in [-0.3, -0.25) is 0 Å². The molecule has 0 unspecified atom stereocenters. The first-order valence-electron chi connectivity index (χ1n) is 7.34. The lowest BCUT2D eigenvalue weighted by molar-refractivity contribution is -0.187. The van der Waals surface area contributed by atoms with Crippen LogP contribution in [0, 0.1) is 0 Å². The number of hydrogen-bond donors (Lipinski definition) is 0. The molecule has 22 heavy (non-hydrogen) atoms. The van der Waals surface area contributed by atoms with Crippen LogP contribution in [-0.4, -0.2) is 55.7 Å². The van der Waals surface area contributed by atoms with Crippen LogP contribution in [0.15, 0.2) is 11.8 Å². The number of rotatable bonds is 2. The first kappa shape index (κ1) is 15.7. The largest absolute Gasteiger partial charge is 0.486 e. The molecular weight excluding hydrogens is 292 g/mol. The van der Waals surface area contributed by atoms with Crippen molar-refractivity contribution in [3.05, 3.63) is 11.8 Å². The molecule has 0 N–H and O–H groups in total. The summed E-state index contributed by atoms with van der Waals surface area (Å²) >= 11 is 0. The van der Waals surface area contributed by atoms with Gasteiger partial charge in [-0.05, 0) is 27.7 Å². The molecule has 0 aromatic rings. The molecule has 0 radical (unpaired) electrons. The molecule has 0 amide bonds. The van der Waals surface area contributed by atoms with Crippen molar-refractivity contribution in [2.75, 3.05) is 13.7 Å². The van der Waals surface area contributed by atoms with Gasteiger partial charge in [0.15, 0.2) is 17.7 Å². The van der Waals surface area contributed by atoms with Crippen LogP contribution in [0.4, 0.5) is 0 Å². The summed E-state index contributed by atoms with van der Waals surface area (Å²) in [5.41, 5.74) is 0. The zero-order chi connectivity index (χ0) is 16.1. The summed E-state index contributed by atoms with van der Waals surface area (Å²) in [6.45, 7) is 7.75. The lowest BCUT2D eigenvalue weighted by Gasteiger charge is -2.26. The predicted molar refractivity (Wildman–Crippen MR) is 73.7 cm³/mol. The predicted octanol–water partition coefficient (Wildman–Crippen LogP) is 1.11. The smallest absolute Gasteiger partial charge is 0.333 e. The van der Waals surface area contributed by atoms with Gasteiger partial charge in [-0.1, -0.05) is 0 Å². The number of esters is 1. The number of carbonyl (C=O) groups is 1. The molecule has 3 aliphatic heterocycles. The highest BCUT2D eigenvalue weighted by Gasteiger charge is 2.57. The van der Waals surface area contributed by atoms with Gasteiger partial charge in [0.25, 0.3) is 0 Å². The van der Waals surface area contributed by atoms with E-state index in [2.05, 4.69) is 4.74 Å². The minimum absolute atomic E-state index is 0.288. The molecule has 4 atom stereocenters. The van der Waals surface area contributed by atoms with E-state index in [4.69, 9.17) is 23.7 Å². The maximum absolute atomic E-state index is 11.5. The monoisotopic (exact) mass is 314 g/mol. The Kier molecular flexibility index (Phi) is 3.71. The summed E-state index contributed by atoms with van der Waals surface area (Å²) in [5, 5.41) is 0. The molecule has 0 aromatic heterocycles. The quantitative estimate of drug-likeness (QED) is 0.558. The summed E-state index contributed by atoms with van der Waals surface area (Å²) in [6.07, 6.45) is -0.198. The molecule has 124 valence electrons. The summed E-state index contributed by atoms with van der Waals surface area (Å²) < 4.78 is 33.8. The molecule has 7 nitrogen and oxygen atoms in total. The Morgan fingerprint density at radius 1 is 1.14 bits per heavy atom. The molecule has 0 aromatic carbocycles. The van der Waals surface area contributed by atoms with Crippen molar-refractivity contribution in [2.24, 2.45) is 0 Å². The summed E-state index contributed by atoms with van der Waals surface area (Å²) in [5.74, 6) is -1.50. The fourth-order valence-corrected chi connectivity index (χ4v) is 3.00. The maximum Gasteiger partial charge on any atom is 0.333 e. The van der Waals surface area contributed by atoms with Crippen LogP contribution in [0.3, 0.4) is 0 Å². The second-order valence-corrected chi connectivity index (χ2v) is 6.54. The average molecular weight is 314 g/mol. The van der Waals surface area contributed by atoms with Crippen LogP contribution >= 0.6 is 0 Å². The van der Waals surface area contributed by atoms with Crippen LogP contribution in [0.5, 0.6) is 0 Å². The SMILES string of the molecule is COC(=O)/C=C1\O[C@H]([C@H]2COC(C)(C)O2)[C@H]2OC(C)(C)O[C@@H]12. The van der Waals surface area contributed by atoms with Crippen molar-refractivity contribution in [3.8, 4) is 0 Å². The second-order valence-electron chi connectivity index (χ2n) is 6.54. The molecule has 3 heterocycles. The van der Waals surface area contributed by atoms with Crippen molar-refractivity contribution in [1.29, 1.82) is 0 Å². The Morgan fingerprint density at radius 2 is 1.86 bits per heavy atom. The summed E-state index contributed by atoms with van der Waals surface area (Å²) in [6, 6.07) is 0. The first-order valence-corrected chi connectivity index (χ1v) is 7.34. The van der Waals surface area contributed by atoms with Gasteiger partial charge in [0, 0.05) is 0 Å².